The first kappa shape index (κ1) is 11.6. The zero-order chi connectivity index (χ0) is 11.5. The van der Waals surface area contributed by atoms with E-state index in [0.717, 1.165) is 13.1 Å². The van der Waals surface area contributed by atoms with Crippen molar-refractivity contribution < 1.29 is 4.39 Å². The Morgan fingerprint density at radius 1 is 1.25 bits per heavy atom. The highest BCUT2D eigenvalue weighted by Gasteiger charge is 2.28. The lowest BCUT2D eigenvalue weighted by Crippen LogP contribution is -2.37. The average Bonchev–Trinajstić information content (AvgIpc) is 2.30. The van der Waals surface area contributed by atoms with Crippen LogP contribution in [-0.4, -0.2) is 13.1 Å². The Morgan fingerprint density at radius 2 is 1.94 bits per heavy atom. The van der Waals surface area contributed by atoms with Gasteiger partial charge in [-0.25, -0.2) is 4.39 Å². The normalized spacial score (nSPS) is 26.0. The molecule has 0 aromatic heterocycles. The Hall–Kier alpha value is -0.890. The molecule has 2 atom stereocenters. The molecule has 1 nitrogen and oxygen atoms in total. The van der Waals surface area contributed by atoms with E-state index >= 15 is 0 Å². The third-order valence-corrected chi connectivity index (χ3v) is 3.69. The first-order chi connectivity index (χ1) is 7.68. The minimum absolute atomic E-state index is 0.145. The van der Waals surface area contributed by atoms with Gasteiger partial charge in [0, 0.05) is 6.54 Å². The van der Waals surface area contributed by atoms with E-state index < -0.39 is 0 Å². The van der Waals surface area contributed by atoms with Gasteiger partial charge in [0.25, 0.3) is 0 Å². The number of benzene rings is 1. The molecule has 88 valence electrons. The van der Waals surface area contributed by atoms with Crippen molar-refractivity contribution in [1.29, 1.82) is 0 Å². The summed E-state index contributed by atoms with van der Waals surface area (Å²) in [6.07, 6.45) is 1.22. The number of halogens is 1. The zero-order valence-electron chi connectivity index (χ0n) is 10.0. The van der Waals surface area contributed by atoms with Crippen molar-refractivity contribution in [2.75, 3.05) is 13.1 Å². The van der Waals surface area contributed by atoms with Gasteiger partial charge < -0.3 is 5.32 Å². The average molecular weight is 221 g/mol. The quantitative estimate of drug-likeness (QED) is 0.808. The van der Waals surface area contributed by atoms with E-state index in [1.165, 1.54) is 12.0 Å². The van der Waals surface area contributed by atoms with E-state index in [0.29, 0.717) is 17.8 Å². The van der Waals surface area contributed by atoms with E-state index in [9.17, 15) is 4.39 Å². The van der Waals surface area contributed by atoms with E-state index in [4.69, 9.17) is 0 Å². The number of rotatable bonds is 2. The van der Waals surface area contributed by atoms with Crippen LogP contribution in [0.4, 0.5) is 4.39 Å². The molecule has 1 aliphatic heterocycles. The highest BCUT2D eigenvalue weighted by atomic mass is 19.1. The lowest BCUT2D eigenvalue weighted by atomic mass is 9.75. The summed E-state index contributed by atoms with van der Waals surface area (Å²) in [6.45, 7) is 6.70. The van der Waals surface area contributed by atoms with E-state index in [1.54, 1.807) is 12.1 Å². The Bertz CT molecular complexity index is 331. The minimum atomic E-state index is -0.145. The smallest absolute Gasteiger partial charge is 0.123 e. The summed E-state index contributed by atoms with van der Waals surface area (Å²) in [5, 5.41) is 3.44. The Labute approximate surface area is 97.1 Å². The van der Waals surface area contributed by atoms with Crippen LogP contribution in [0.15, 0.2) is 24.3 Å². The molecule has 1 N–H and O–H groups in total. The van der Waals surface area contributed by atoms with Crippen LogP contribution >= 0.6 is 0 Å². The molecule has 16 heavy (non-hydrogen) atoms. The van der Waals surface area contributed by atoms with Gasteiger partial charge in [-0.3, -0.25) is 0 Å². The fourth-order valence-corrected chi connectivity index (χ4v) is 2.75. The molecule has 1 aromatic carbocycles. The standard InChI is InChI=1S/C14H20FN/c1-10(2)13-7-8-16-9-14(13)11-3-5-12(15)6-4-11/h3-6,10,13-14,16H,7-9H2,1-2H3. The number of nitrogens with one attached hydrogen (secondary N) is 1. The molecule has 1 aliphatic rings. The summed E-state index contributed by atoms with van der Waals surface area (Å²) in [5.41, 5.74) is 1.27. The highest BCUT2D eigenvalue weighted by molar-refractivity contribution is 5.22. The van der Waals surface area contributed by atoms with Crippen LogP contribution in [0, 0.1) is 17.7 Å². The molecular weight excluding hydrogens is 201 g/mol. The molecule has 2 unspecified atom stereocenters. The van der Waals surface area contributed by atoms with Crippen molar-refractivity contribution in [1.82, 2.24) is 5.32 Å². The fraction of sp³-hybridized carbons (Fsp3) is 0.571. The number of hydrogen-bond donors (Lipinski definition) is 1. The second-order valence-corrected chi connectivity index (χ2v) is 5.06. The van der Waals surface area contributed by atoms with Gasteiger partial charge in [0.15, 0.2) is 0 Å². The van der Waals surface area contributed by atoms with Gasteiger partial charge in [0.1, 0.15) is 5.82 Å². The van der Waals surface area contributed by atoms with Crippen LogP contribution in [-0.2, 0) is 0 Å². The van der Waals surface area contributed by atoms with Crippen LogP contribution in [0.1, 0.15) is 31.7 Å². The van der Waals surface area contributed by atoms with Crippen LogP contribution in [0.3, 0.4) is 0 Å². The molecule has 2 rings (SSSR count). The molecule has 1 saturated heterocycles. The van der Waals surface area contributed by atoms with Gasteiger partial charge in [-0.2, -0.15) is 0 Å². The van der Waals surface area contributed by atoms with Crippen molar-refractivity contribution in [3.05, 3.63) is 35.6 Å². The van der Waals surface area contributed by atoms with Gasteiger partial charge in [-0.1, -0.05) is 26.0 Å². The van der Waals surface area contributed by atoms with Crippen molar-refractivity contribution in [3.63, 3.8) is 0 Å². The van der Waals surface area contributed by atoms with Crippen molar-refractivity contribution in [2.45, 2.75) is 26.2 Å². The molecule has 1 fully saturated rings. The van der Waals surface area contributed by atoms with Crippen LogP contribution in [0.2, 0.25) is 0 Å². The lowest BCUT2D eigenvalue weighted by molar-refractivity contribution is 0.251. The molecule has 0 aliphatic carbocycles. The summed E-state index contributed by atoms with van der Waals surface area (Å²) in [6, 6.07) is 7.01. The maximum atomic E-state index is 12.9. The van der Waals surface area contributed by atoms with E-state index in [2.05, 4.69) is 19.2 Å². The zero-order valence-corrected chi connectivity index (χ0v) is 10.0. The molecule has 0 bridgehead atoms. The topological polar surface area (TPSA) is 12.0 Å². The summed E-state index contributed by atoms with van der Waals surface area (Å²) in [7, 11) is 0. The molecule has 0 radical (unpaired) electrons. The maximum absolute atomic E-state index is 12.9. The van der Waals surface area contributed by atoms with Gasteiger partial charge in [-0.15, -0.1) is 0 Å². The number of piperidine rings is 1. The monoisotopic (exact) mass is 221 g/mol. The minimum Gasteiger partial charge on any atom is -0.316 e. The predicted octanol–water partition coefficient (Wildman–Crippen LogP) is 3.17. The summed E-state index contributed by atoms with van der Waals surface area (Å²) >= 11 is 0. The summed E-state index contributed by atoms with van der Waals surface area (Å²) in [5.74, 6) is 1.80. The van der Waals surface area contributed by atoms with Crippen LogP contribution in [0.25, 0.3) is 0 Å². The molecule has 0 amide bonds. The second kappa shape index (κ2) is 4.96. The van der Waals surface area contributed by atoms with Gasteiger partial charge in [0.05, 0.1) is 0 Å². The first-order valence-electron chi connectivity index (χ1n) is 6.14. The third kappa shape index (κ3) is 2.43. The molecular formula is C14H20FN. The van der Waals surface area contributed by atoms with E-state index in [-0.39, 0.29) is 5.82 Å². The summed E-state index contributed by atoms with van der Waals surface area (Å²) < 4.78 is 12.9. The lowest BCUT2D eigenvalue weighted by Gasteiger charge is -2.35. The van der Waals surface area contributed by atoms with Crippen LogP contribution in [0.5, 0.6) is 0 Å². The second-order valence-electron chi connectivity index (χ2n) is 5.06. The molecule has 1 heterocycles. The SMILES string of the molecule is CC(C)C1CCNCC1c1ccc(F)cc1. The molecule has 0 saturated carbocycles. The van der Waals surface area contributed by atoms with Gasteiger partial charge >= 0.3 is 0 Å². The Balaban J connectivity index is 2.19. The van der Waals surface area contributed by atoms with Crippen LogP contribution < -0.4 is 5.32 Å². The van der Waals surface area contributed by atoms with Gasteiger partial charge in [0.2, 0.25) is 0 Å². The summed E-state index contributed by atoms with van der Waals surface area (Å²) in [4.78, 5) is 0. The van der Waals surface area contributed by atoms with Gasteiger partial charge in [-0.05, 0) is 48.4 Å². The molecule has 2 heteroatoms. The first-order valence-corrected chi connectivity index (χ1v) is 6.14. The molecule has 0 spiro atoms. The largest absolute Gasteiger partial charge is 0.316 e. The highest BCUT2D eigenvalue weighted by Crippen LogP contribution is 2.34. The van der Waals surface area contributed by atoms with E-state index in [1.807, 2.05) is 12.1 Å². The predicted molar refractivity (Wildman–Crippen MR) is 65.0 cm³/mol. The van der Waals surface area contributed by atoms with Crippen molar-refractivity contribution in [3.8, 4) is 0 Å². The maximum Gasteiger partial charge on any atom is 0.123 e. The Morgan fingerprint density at radius 3 is 2.56 bits per heavy atom. The van der Waals surface area contributed by atoms with Crippen molar-refractivity contribution >= 4 is 0 Å². The third-order valence-electron chi connectivity index (χ3n) is 3.69. The molecule has 1 aromatic rings. The number of hydrogen-bond acceptors (Lipinski definition) is 1. The Kier molecular flexibility index (Phi) is 3.59. The van der Waals surface area contributed by atoms with Crippen molar-refractivity contribution in [2.24, 2.45) is 11.8 Å². The fourth-order valence-electron chi connectivity index (χ4n) is 2.75.